The van der Waals surface area contributed by atoms with Crippen LogP contribution in [0.25, 0.3) is 0 Å². The summed E-state index contributed by atoms with van der Waals surface area (Å²) in [4.78, 5) is 0. The second-order valence-electron chi connectivity index (χ2n) is 4.32. The lowest BCUT2D eigenvalue weighted by atomic mass is 9.95. The fraction of sp³-hybridized carbons (Fsp3) is 0.500. The van der Waals surface area contributed by atoms with E-state index in [9.17, 15) is 0 Å². The Balaban J connectivity index is 3.06. The Morgan fingerprint density at radius 2 is 1.87 bits per heavy atom. The normalized spacial score (nSPS) is 11.3. The summed E-state index contributed by atoms with van der Waals surface area (Å²) in [7, 11) is 3.28. The highest BCUT2D eigenvalue weighted by atomic mass is 16.5. The van der Waals surface area contributed by atoms with Crippen molar-refractivity contribution in [3.8, 4) is 11.5 Å². The number of ether oxygens (including phenoxy) is 2. The minimum atomic E-state index is -0.250. The molecule has 1 rings (SSSR count). The van der Waals surface area contributed by atoms with E-state index in [0.717, 1.165) is 23.5 Å². The lowest BCUT2D eigenvalue weighted by molar-refractivity contribution is 0.348. The van der Waals surface area contributed by atoms with E-state index in [4.69, 9.17) is 15.2 Å². The monoisotopic (exact) mass is 209 g/mol. The van der Waals surface area contributed by atoms with Gasteiger partial charge >= 0.3 is 0 Å². The third-order valence-corrected chi connectivity index (χ3v) is 2.13. The Morgan fingerprint density at radius 1 is 1.20 bits per heavy atom. The molecular formula is C12H19NO2. The molecule has 1 aromatic rings. The van der Waals surface area contributed by atoms with Crippen LogP contribution in [0.4, 0.5) is 0 Å². The van der Waals surface area contributed by atoms with Gasteiger partial charge in [0, 0.05) is 5.54 Å². The first-order valence-electron chi connectivity index (χ1n) is 4.96. The third-order valence-electron chi connectivity index (χ3n) is 2.13. The van der Waals surface area contributed by atoms with Crippen LogP contribution < -0.4 is 15.2 Å². The second kappa shape index (κ2) is 4.53. The molecule has 0 amide bonds. The van der Waals surface area contributed by atoms with Gasteiger partial charge < -0.3 is 15.2 Å². The molecule has 0 aliphatic carbocycles. The Morgan fingerprint density at radius 3 is 2.33 bits per heavy atom. The van der Waals surface area contributed by atoms with Crippen molar-refractivity contribution in [1.82, 2.24) is 0 Å². The first kappa shape index (κ1) is 11.9. The summed E-state index contributed by atoms with van der Waals surface area (Å²) in [5, 5.41) is 0. The minimum Gasteiger partial charge on any atom is -0.493 e. The number of para-hydroxylation sites is 1. The molecule has 0 bridgehead atoms. The molecule has 3 heteroatoms. The van der Waals surface area contributed by atoms with Crippen molar-refractivity contribution in [2.45, 2.75) is 25.8 Å². The first-order valence-corrected chi connectivity index (χ1v) is 4.96. The van der Waals surface area contributed by atoms with E-state index in [1.54, 1.807) is 14.2 Å². The molecule has 15 heavy (non-hydrogen) atoms. The van der Waals surface area contributed by atoms with Crippen molar-refractivity contribution in [3.05, 3.63) is 23.8 Å². The average molecular weight is 209 g/mol. The van der Waals surface area contributed by atoms with Crippen LogP contribution in [0.1, 0.15) is 19.4 Å². The maximum Gasteiger partial charge on any atom is 0.163 e. The van der Waals surface area contributed by atoms with Gasteiger partial charge in [0.05, 0.1) is 14.2 Å². The third kappa shape index (κ3) is 3.13. The van der Waals surface area contributed by atoms with E-state index in [2.05, 4.69) is 0 Å². The van der Waals surface area contributed by atoms with Crippen LogP contribution in [0.2, 0.25) is 0 Å². The van der Waals surface area contributed by atoms with Gasteiger partial charge in [-0.1, -0.05) is 12.1 Å². The summed E-state index contributed by atoms with van der Waals surface area (Å²) in [6, 6.07) is 5.84. The van der Waals surface area contributed by atoms with Crippen molar-refractivity contribution in [2.24, 2.45) is 5.73 Å². The lowest BCUT2D eigenvalue weighted by Crippen LogP contribution is -2.34. The lowest BCUT2D eigenvalue weighted by Gasteiger charge is -2.21. The van der Waals surface area contributed by atoms with Crippen molar-refractivity contribution in [3.63, 3.8) is 0 Å². The van der Waals surface area contributed by atoms with Gasteiger partial charge in [-0.3, -0.25) is 0 Å². The summed E-state index contributed by atoms with van der Waals surface area (Å²) in [5.74, 6) is 1.53. The van der Waals surface area contributed by atoms with Crippen LogP contribution in [0.3, 0.4) is 0 Å². The topological polar surface area (TPSA) is 44.5 Å². The second-order valence-corrected chi connectivity index (χ2v) is 4.32. The van der Waals surface area contributed by atoms with Gasteiger partial charge in [-0.2, -0.15) is 0 Å². The highest BCUT2D eigenvalue weighted by Gasteiger charge is 2.17. The van der Waals surface area contributed by atoms with Crippen LogP contribution >= 0.6 is 0 Å². The molecular weight excluding hydrogens is 190 g/mol. The highest BCUT2D eigenvalue weighted by Crippen LogP contribution is 2.32. The van der Waals surface area contributed by atoms with Gasteiger partial charge in [-0.25, -0.2) is 0 Å². The van der Waals surface area contributed by atoms with Crippen molar-refractivity contribution < 1.29 is 9.47 Å². The molecule has 0 saturated carbocycles. The van der Waals surface area contributed by atoms with Gasteiger partial charge in [-0.05, 0) is 31.9 Å². The Labute approximate surface area is 91.2 Å². The van der Waals surface area contributed by atoms with E-state index in [1.165, 1.54) is 0 Å². The maximum absolute atomic E-state index is 5.99. The molecule has 0 spiro atoms. The molecule has 3 nitrogen and oxygen atoms in total. The molecule has 1 aromatic carbocycles. The zero-order valence-electron chi connectivity index (χ0n) is 9.83. The molecule has 0 radical (unpaired) electrons. The molecule has 0 aliphatic rings. The quantitative estimate of drug-likeness (QED) is 0.824. The van der Waals surface area contributed by atoms with Crippen LogP contribution in [0.15, 0.2) is 18.2 Å². The van der Waals surface area contributed by atoms with E-state index in [-0.39, 0.29) is 5.54 Å². The Bertz CT molecular complexity index is 329. The van der Waals surface area contributed by atoms with Crippen molar-refractivity contribution in [1.29, 1.82) is 0 Å². The van der Waals surface area contributed by atoms with Gasteiger partial charge in [0.15, 0.2) is 11.5 Å². The number of rotatable bonds is 4. The highest BCUT2D eigenvalue weighted by molar-refractivity contribution is 5.47. The van der Waals surface area contributed by atoms with E-state index in [0.29, 0.717) is 0 Å². The van der Waals surface area contributed by atoms with Crippen molar-refractivity contribution >= 4 is 0 Å². The van der Waals surface area contributed by atoms with Crippen LogP contribution in [0, 0.1) is 0 Å². The molecule has 84 valence electrons. The maximum atomic E-state index is 5.99. The number of hydrogen-bond acceptors (Lipinski definition) is 3. The van der Waals surface area contributed by atoms with Gasteiger partial charge in [0.1, 0.15) is 0 Å². The zero-order valence-corrected chi connectivity index (χ0v) is 9.83. The predicted molar refractivity (Wildman–Crippen MR) is 61.5 cm³/mol. The minimum absolute atomic E-state index is 0.250. The van der Waals surface area contributed by atoms with Crippen LogP contribution in [-0.4, -0.2) is 19.8 Å². The number of hydrogen-bond donors (Lipinski definition) is 1. The average Bonchev–Trinajstić information content (AvgIpc) is 2.15. The smallest absolute Gasteiger partial charge is 0.163 e. The molecule has 0 saturated heterocycles. The fourth-order valence-corrected chi connectivity index (χ4v) is 1.58. The Hall–Kier alpha value is -1.22. The molecule has 0 aromatic heterocycles. The van der Waals surface area contributed by atoms with E-state index in [1.807, 2.05) is 32.0 Å². The van der Waals surface area contributed by atoms with Gasteiger partial charge in [0.2, 0.25) is 0 Å². The van der Waals surface area contributed by atoms with E-state index < -0.39 is 0 Å². The largest absolute Gasteiger partial charge is 0.493 e. The first-order chi connectivity index (χ1) is 6.98. The van der Waals surface area contributed by atoms with Gasteiger partial charge in [-0.15, -0.1) is 0 Å². The number of methoxy groups -OCH3 is 2. The van der Waals surface area contributed by atoms with E-state index >= 15 is 0 Å². The zero-order chi connectivity index (χ0) is 11.5. The summed E-state index contributed by atoms with van der Waals surface area (Å²) in [6.07, 6.45) is 0.757. The molecule has 0 unspecified atom stereocenters. The summed E-state index contributed by atoms with van der Waals surface area (Å²) >= 11 is 0. The predicted octanol–water partition coefficient (Wildman–Crippen LogP) is 1.98. The van der Waals surface area contributed by atoms with Crippen LogP contribution in [-0.2, 0) is 6.42 Å². The molecule has 0 aliphatic heterocycles. The number of benzene rings is 1. The molecule has 0 atom stereocenters. The fourth-order valence-electron chi connectivity index (χ4n) is 1.58. The number of nitrogens with two attached hydrogens (primary N) is 1. The standard InChI is InChI=1S/C12H19NO2/c1-12(2,13)8-9-6-5-7-10(14-3)11(9)15-4/h5-7H,8,13H2,1-4H3. The summed E-state index contributed by atoms with van der Waals surface area (Å²) in [5.41, 5.74) is 6.81. The Kier molecular flexibility index (Phi) is 3.58. The van der Waals surface area contributed by atoms with Crippen LogP contribution in [0.5, 0.6) is 11.5 Å². The molecule has 2 N–H and O–H groups in total. The summed E-state index contributed by atoms with van der Waals surface area (Å²) in [6.45, 7) is 3.98. The SMILES string of the molecule is COc1cccc(CC(C)(C)N)c1OC. The summed E-state index contributed by atoms with van der Waals surface area (Å²) < 4.78 is 10.6. The van der Waals surface area contributed by atoms with Gasteiger partial charge in [0.25, 0.3) is 0 Å². The molecule has 0 fully saturated rings. The van der Waals surface area contributed by atoms with Crippen molar-refractivity contribution in [2.75, 3.05) is 14.2 Å². The molecule has 0 heterocycles.